The lowest BCUT2D eigenvalue weighted by Gasteiger charge is -2.40. The standard InChI is InChI=1S/C12H22N2O4/c1-8-6-14(7-9(2)18-8)11(17)13(5)12(3,4)10(15)16/h8-9H,6-7H2,1-5H3,(H,15,16). The summed E-state index contributed by atoms with van der Waals surface area (Å²) in [6.07, 6.45) is -0.0573. The van der Waals surface area contributed by atoms with Gasteiger partial charge in [0.25, 0.3) is 0 Å². The number of nitrogens with zero attached hydrogens (tertiary/aromatic N) is 2. The summed E-state index contributed by atoms with van der Waals surface area (Å²) >= 11 is 0. The van der Waals surface area contributed by atoms with E-state index in [-0.39, 0.29) is 18.2 Å². The van der Waals surface area contributed by atoms with Gasteiger partial charge in [-0.3, -0.25) is 0 Å². The summed E-state index contributed by atoms with van der Waals surface area (Å²) in [7, 11) is 1.52. The molecule has 2 amide bonds. The molecule has 0 saturated carbocycles. The highest BCUT2D eigenvalue weighted by Gasteiger charge is 2.38. The van der Waals surface area contributed by atoms with Crippen LogP contribution in [0.5, 0.6) is 0 Å². The molecule has 1 saturated heterocycles. The van der Waals surface area contributed by atoms with E-state index in [1.165, 1.54) is 25.8 Å². The summed E-state index contributed by atoms with van der Waals surface area (Å²) in [5.41, 5.74) is -1.22. The maximum atomic E-state index is 12.3. The smallest absolute Gasteiger partial charge is 0.329 e. The predicted octanol–water partition coefficient (Wildman–Crippen LogP) is 1.01. The molecule has 0 aromatic carbocycles. The summed E-state index contributed by atoms with van der Waals surface area (Å²) < 4.78 is 5.55. The SMILES string of the molecule is CC1CN(C(=O)N(C)C(C)(C)C(=O)O)CC(C)O1. The van der Waals surface area contributed by atoms with Gasteiger partial charge >= 0.3 is 12.0 Å². The number of rotatable bonds is 2. The number of urea groups is 1. The predicted molar refractivity (Wildman–Crippen MR) is 66.5 cm³/mol. The summed E-state index contributed by atoms with van der Waals surface area (Å²) in [4.78, 5) is 26.3. The number of morpholine rings is 1. The van der Waals surface area contributed by atoms with Gasteiger partial charge in [-0.15, -0.1) is 0 Å². The number of ether oxygens (including phenoxy) is 1. The quantitative estimate of drug-likeness (QED) is 0.802. The van der Waals surface area contributed by atoms with E-state index in [4.69, 9.17) is 9.84 Å². The molecule has 1 aliphatic heterocycles. The molecule has 6 heteroatoms. The third-order valence-electron chi connectivity index (χ3n) is 3.34. The number of hydrogen-bond donors (Lipinski definition) is 1. The number of amides is 2. The Morgan fingerprint density at radius 2 is 1.72 bits per heavy atom. The van der Waals surface area contributed by atoms with Crippen molar-refractivity contribution in [1.29, 1.82) is 0 Å². The Morgan fingerprint density at radius 3 is 2.11 bits per heavy atom. The summed E-state index contributed by atoms with van der Waals surface area (Å²) in [5, 5.41) is 9.13. The molecule has 2 unspecified atom stereocenters. The Bertz CT molecular complexity index is 333. The van der Waals surface area contributed by atoms with E-state index in [0.29, 0.717) is 13.1 Å². The van der Waals surface area contributed by atoms with Crippen molar-refractivity contribution in [2.24, 2.45) is 0 Å². The van der Waals surface area contributed by atoms with Crippen LogP contribution in [0.4, 0.5) is 4.79 Å². The van der Waals surface area contributed by atoms with E-state index in [0.717, 1.165) is 0 Å². The van der Waals surface area contributed by atoms with Crippen LogP contribution in [0.1, 0.15) is 27.7 Å². The molecule has 0 spiro atoms. The molecule has 0 bridgehead atoms. The van der Waals surface area contributed by atoms with E-state index >= 15 is 0 Å². The van der Waals surface area contributed by atoms with Gasteiger partial charge in [-0.05, 0) is 27.7 Å². The van der Waals surface area contributed by atoms with Crippen molar-refractivity contribution in [3.63, 3.8) is 0 Å². The average molecular weight is 258 g/mol. The Labute approximate surface area is 107 Å². The van der Waals surface area contributed by atoms with Gasteiger partial charge in [0.05, 0.1) is 12.2 Å². The lowest BCUT2D eigenvalue weighted by Crippen LogP contribution is -2.58. The highest BCUT2D eigenvalue weighted by Crippen LogP contribution is 2.18. The van der Waals surface area contributed by atoms with Gasteiger partial charge in [0.2, 0.25) is 0 Å². The van der Waals surface area contributed by atoms with Gasteiger partial charge in [-0.2, -0.15) is 0 Å². The molecule has 0 aromatic heterocycles. The molecule has 1 fully saturated rings. The number of aliphatic carboxylic acids is 1. The molecule has 1 N–H and O–H groups in total. The van der Waals surface area contributed by atoms with Crippen LogP contribution in [0.15, 0.2) is 0 Å². The van der Waals surface area contributed by atoms with E-state index in [9.17, 15) is 9.59 Å². The molecule has 0 aliphatic carbocycles. The van der Waals surface area contributed by atoms with Crippen LogP contribution in [-0.2, 0) is 9.53 Å². The Hall–Kier alpha value is -1.30. The summed E-state index contributed by atoms with van der Waals surface area (Å²) in [5.74, 6) is -1.02. The number of carbonyl (C=O) groups is 2. The average Bonchev–Trinajstić information content (AvgIpc) is 2.25. The molecule has 104 valence electrons. The first-order valence-corrected chi connectivity index (χ1v) is 6.07. The van der Waals surface area contributed by atoms with Crippen molar-refractivity contribution in [2.45, 2.75) is 45.4 Å². The fraction of sp³-hybridized carbons (Fsp3) is 0.833. The van der Waals surface area contributed by atoms with Gasteiger partial charge in [0, 0.05) is 20.1 Å². The summed E-state index contributed by atoms with van der Waals surface area (Å²) in [6.45, 7) is 7.81. The third-order valence-corrected chi connectivity index (χ3v) is 3.34. The Kier molecular flexibility index (Phi) is 4.21. The highest BCUT2D eigenvalue weighted by molar-refractivity contribution is 5.85. The monoisotopic (exact) mass is 258 g/mol. The zero-order valence-electron chi connectivity index (χ0n) is 11.6. The van der Waals surface area contributed by atoms with Gasteiger partial charge < -0.3 is 19.6 Å². The molecule has 6 nitrogen and oxygen atoms in total. The first-order valence-electron chi connectivity index (χ1n) is 6.07. The maximum Gasteiger partial charge on any atom is 0.329 e. The van der Waals surface area contributed by atoms with E-state index < -0.39 is 11.5 Å². The first kappa shape index (κ1) is 14.8. The number of carboxylic acid groups (broad SMARTS) is 1. The molecular weight excluding hydrogens is 236 g/mol. The number of likely N-dealkylation sites (N-methyl/N-ethyl adjacent to an activating group) is 1. The number of carbonyl (C=O) groups excluding carboxylic acids is 1. The maximum absolute atomic E-state index is 12.3. The van der Waals surface area contributed by atoms with Crippen LogP contribution in [-0.4, -0.2) is 64.8 Å². The Balaban J connectivity index is 2.78. The molecule has 2 atom stereocenters. The first-order chi connectivity index (χ1) is 8.16. The van der Waals surface area contributed by atoms with Crippen LogP contribution < -0.4 is 0 Å². The van der Waals surface area contributed by atoms with Gasteiger partial charge in [0.15, 0.2) is 0 Å². The van der Waals surface area contributed by atoms with Crippen molar-refractivity contribution in [2.75, 3.05) is 20.1 Å². The summed E-state index contributed by atoms with van der Waals surface area (Å²) in [6, 6.07) is -0.274. The van der Waals surface area contributed by atoms with Crippen molar-refractivity contribution in [3.05, 3.63) is 0 Å². The topological polar surface area (TPSA) is 70.1 Å². The molecular formula is C12H22N2O4. The van der Waals surface area contributed by atoms with Crippen LogP contribution in [0, 0.1) is 0 Å². The van der Waals surface area contributed by atoms with Crippen molar-refractivity contribution in [1.82, 2.24) is 9.80 Å². The zero-order chi connectivity index (χ0) is 14.1. The highest BCUT2D eigenvalue weighted by atomic mass is 16.5. The van der Waals surface area contributed by atoms with Gasteiger partial charge in [-0.25, -0.2) is 9.59 Å². The minimum Gasteiger partial charge on any atom is -0.480 e. The molecule has 0 aromatic rings. The molecule has 18 heavy (non-hydrogen) atoms. The molecule has 0 radical (unpaired) electrons. The Morgan fingerprint density at radius 1 is 1.28 bits per heavy atom. The lowest BCUT2D eigenvalue weighted by molar-refractivity contribution is -0.147. The van der Waals surface area contributed by atoms with Crippen LogP contribution >= 0.6 is 0 Å². The van der Waals surface area contributed by atoms with Crippen molar-refractivity contribution >= 4 is 12.0 Å². The minimum absolute atomic E-state index is 0.0287. The van der Waals surface area contributed by atoms with Crippen molar-refractivity contribution in [3.8, 4) is 0 Å². The van der Waals surface area contributed by atoms with Crippen LogP contribution in [0.2, 0.25) is 0 Å². The second-order valence-electron chi connectivity index (χ2n) is 5.37. The fourth-order valence-corrected chi connectivity index (χ4v) is 1.93. The number of hydrogen-bond acceptors (Lipinski definition) is 3. The fourth-order valence-electron chi connectivity index (χ4n) is 1.93. The largest absolute Gasteiger partial charge is 0.480 e. The van der Waals surface area contributed by atoms with E-state index in [1.54, 1.807) is 4.90 Å². The van der Waals surface area contributed by atoms with Gasteiger partial charge in [-0.1, -0.05) is 0 Å². The normalized spacial score (nSPS) is 24.8. The minimum atomic E-state index is -1.22. The van der Waals surface area contributed by atoms with Crippen LogP contribution in [0.25, 0.3) is 0 Å². The lowest BCUT2D eigenvalue weighted by atomic mass is 10.0. The third kappa shape index (κ3) is 2.93. The van der Waals surface area contributed by atoms with Gasteiger partial charge in [0.1, 0.15) is 5.54 Å². The second-order valence-corrected chi connectivity index (χ2v) is 5.37. The van der Waals surface area contributed by atoms with Crippen molar-refractivity contribution < 1.29 is 19.4 Å². The molecule has 1 rings (SSSR count). The molecule has 1 aliphatic rings. The molecule has 1 heterocycles. The zero-order valence-corrected chi connectivity index (χ0v) is 11.6. The van der Waals surface area contributed by atoms with E-state index in [1.807, 2.05) is 13.8 Å². The van der Waals surface area contributed by atoms with Crippen LogP contribution in [0.3, 0.4) is 0 Å². The number of carboxylic acids is 1. The van der Waals surface area contributed by atoms with E-state index in [2.05, 4.69) is 0 Å². The second kappa shape index (κ2) is 5.14.